The number of rotatable bonds is 7. The topological polar surface area (TPSA) is 78.5 Å². The Kier molecular flexibility index (Phi) is 7.22. The first-order valence-electron chi connectivity index (χ1n) is 10.5. The molecule has 1 heterocycles. The first-order chi connectivity index (χ1) is 14.5. The lowest BCUT2D eigenvalue weighted by atomic mass is 10.1. The van der Waals surface area contributed by atoms with Crippen LogP contribution in [0, 0.1) is 5.92 Å². The fourth-order valence-corrected chi connectivity index (χ4v) is 3.55. The van der Waals surface area contributed by atoms with Crippen LogP contribution >= 0.6 is 0 Å². The van der Waals surface area contributed by atoms with Crippen LogP contribution in [0.1, 0.15) is 49.0 Å². The van der Waals surface area contributed by atoms with Gasteiger partial charge in [-0.15, -0.1) is 0 Å². The molecule has 0 aromatic heterocycles. The molecule has 1 saturated heterocycles. The Morgan fingerprint density at radius 1 is 1.10 bits per heavy atom. The van der Waals surface area contributed by atoms with Crippen molar-refractivity contribution < 1.29 is 14.4 Å². The van der Waals surface area contributed by atoms with E-state index in [1.807, 2.05) is 56.3 Å². The van der Waals surface area contributed by atoms with E-state index < -0.39 is 6.04 Å². The number of likely N-dealkylation sites (tertiary alicyclic amines) is 1. The molecule has 30 heavy (non-hydrogen) atoms. The van der Waals surface area contributed by atoms with Gasteiger partial charge < -0.3 is 15.5 Å². The van der Waals surface area contributed by atoms with E-state index in [2.05, 4.69) is 10.6 Å². The van der Waals surface area contributed by atoms with Crippen molar-refractivity contribution in [2.75, 3.05) is 11.9 Å². The molecule has 0 bridgehead atoms. The van der Waals surface area contributed by atoms with Crippen LogP contribution in [-0.2, 0) is 16.1 Å². The molecule has 3 rings (SSSR count). The second kappa shape index (κ2) is 10.1. The molecule has 0 radical (unpaired) electrons. The Morgan fingerprint density at radius 3 is 2.60 bits per heavy atom. The normalized spacial score (nSPS) is 16.7. The number of carbonyl (C=O) groups excluding carboxylic acids is 3. The van der Waals surface area contributed by atoms with Gasteiger partial charge in [-0.3, -0.25) is 14.4 Å². The minimum absolute atomic E-state index is 0.0142. The third-order valence-electron chi connectivity index (χ3n) is 5.56. The smallest absolute Gasteiger partial charge is 0.254 e. The summed E-state index contributed by atoms with van der Waals surface area (Å²) in [5, 5.41) is 5.86. The Labute approximate surface area is 177 Å². The fraction of sp³-hybridized carbons (Fsp3) is 0.375. The van der Waals surface area contributed by atoms with Crippen molar-refractivity contribution in [2.24, 2.45) is 5.92 Å². The Bertz CT molecular complexity index is 898. The van der Waals surface area contributed by atoms with Crippen LogP contribution < -0.4 is 10.6 Å². The Hall–Kier alpha value is -3.15. The monoisotopic (exact) mass is 407 g/mol. The third-order valence-corrected chi connectivity index (χ3v) is 5.56. The van der Waals surface area contributed by atoms with E-state index >= 15 is 0 Å². The molecule has 2 aromatic carbocycles. The van der Waals surface area contributed by atoms with E-state index in [1.165, 1.54) is 0 Å². The van der Waals surface area contributed by atoms with Crippen molar-refractivity contribution in [3.05, 3.63) is 65.7 Å². The predicted octanol–water partition coefficient (Wildman–Crippen LogP) is 3.59. The van der Waals surface area contributed by atoms with Crippen molar-refractivity contribution in [1.29, 1.82) is 0 Å². The van der Waals surface area contributed by atoms with Gasteiger partial charge in [-0.1, -0.05) is 44.2 Å². The lowest BCUT2D eigenvalue weighted by molar-refractivity contribution is -0.125. The van der Waals surface area contributed by atoms with Crippen molar-refractivity contribution in [3.63, 3.8) is 0 Å². The predicted molar refractivity (Wildman–Crippen MR) is 117 cm³/mol. The number of hydrogen-bond acceptors (Lipinski definition) is 3. The van der Waals surface area contributed by atoms with Crippen LogP contribution in [-0.4, -0.2) is 35.2 Å². The lowest BCUT2D eigenvalue weighted by Gasteiger charge is -2.24. The van der Waals surface area contributed by atoms with Crippen molar-refractivity contribution in [3.8, 4) is 0 Å². The molecule has 0 spiro atoms. The number of hydrogen-bond donors (Lipinski definition) is 2. The molecule has 2 N–H and O–H groups in total. The van der Waals surface area contributed by atoms with E-state index in [0.29, 0.717) is 30.8 Å². The zero-order valence-corrected chi connectivity index (χ0v) is 17.6. The number of anilines is 1. The first kappa shape index (κ1) is 21.6. The lowest BCUT2D eigenvalue weighted by Crippen LogP contribution is -2.45. The Morgan fingerprint density at radius 2 is 1.87 bits per heavy atom. The van der Waals surface area contributed by atoms with Crippen molar-refractivity contribution >= 4 is 23.4 Å². The highest BCUT2D eigenvalue weighted by Gasteiger charge is 2.34. The third kappa shape index (κ3) is 5.26. The average Bonchev–Trinajstić information content (AvgIpc) is 3.27. The number of nitrogens with zero attached hydrogens (tertiary/aromatic N) is 1. The summed E-state index contributed by atoms with van der Waals surface area (Å²) in [5.41, 5.74) is 2.21. The highest BCUT2D eigenvalue weighted by atomic mass is 16.2. The summed E-state index contributed by atoms with van der Waals surface area (Å²) in [6.45, 7) is 4.80. The molecule has 2 unspecified atom stereocenters. The summed E-state index contributed by atoms with van der Waals surface area (Å²) < 4.78 is 0. The van der Waals surface area contributed by atoms with Crippen LogP contribution in [0.5, 0.6) is 0 Å². The maximum absolute atomic E-state index is 12.8. The SMILES string of the molecule is CCC(C)C(=O)Nc1cccc(CNC(=O)C2CCCN2C(=O)c2ccccc2)c1. The van der Waals surface area contributed by atoms with Gasteiger partial charge in [-0.2, -0.15) is 0 Å². The van der Waals surface area contributed by atoms with E-state index in [1.54, 1.807) is 17.0 Å². The fourth-order valence-electron chi connectivity index (χ4n) is 3.55. The number of carbonyl (C=O) groups is 3. The molecule has 3 amide bonds. The molecule has 6 nitrogen and oxygen atoms in total. The highest BCUT2D eigenvalue weighted by Crippen LogP contribution is 2.21. The maximum Gasteiger partial charge on any atom is 0.254 e. The van der Waals surface area contributed by atoms with Gasteiger partial charge in [-0.25, -0.2) is 0 Å². The van der Waals surface area contributed by atoms with Crippen LogP contribution in [0.15, 0.2) is 54.6 Å². The quantitative estimate of drug-likeness (QED) is 0.736. The standard InChI is InChI=1S/C24H29N3O3/c1-3-17(2)22(28)26-20-12-7-9-18(15-20)16-25-23(29)21-13-8-14-27(21)24(30)19-10-5-4-6-11-19/h4-7,9-12,15,17,21H,3,8,13-14,16H2,1-2H3,(H,25,29)(H,26,28). The van der Waals surface area contributed by atoms with Gasteiger partial charge in [0.1, 0.15) is 6.04 Å². The van der Waals surface area contributed by atoms with Gasteiger partial charge in [0.05, 0.1) is 0 Å². The maximum atomic E-state index is 12.8. The summed E-state index contributed by atoms with van der Waals surface area (Å²) in [4.78, 5) is 39.3. The number of nitrogens with one attached hydrogen (secondary N) is 2. The summed E-state index contributed by atoms with van der Waals surface area (Å²) in [7, 11) is 0. The molecule has 0 aliphatic carbocycles. The van der Waals surface area contributed by atoms with E-state index in [4.69, 9.17) is 0 Å². The molecule has 1 aliphatic rings. The summed E-state index contributed by atoms with van der Waals surface area (Å²) in [6, 6.07) is 16.1. The van der Waals surface area contributed by atoms with E-state index in [-0.39, 0.29) is 23.6 Å². The molecular weight excluding hydrogens is 378 g/mol. The van der Waals surface area contributed by atoms with E-state index in [0.717, 1.165) is 18.4 Å². The molecule has 6 heteroatoms. The van der Waals surface area contributed by atoms with Gasteiger partial charge >= 0.3 is 0 Å². The second-order valence-corrected chi connectivity index (χ2v) is 7.74. The van der Waals surface area contributed by atoms with Gasteiger partial charge in [0.2, 0.25) is 11.8 Å². The first-order valence-corrected chi connectivity index (χ1v) is 10.5. The van der Waals surface area contributed by atoms with Gasteiger partial charge in [0.25, 0.3) is 5.91 Å². The molecule has 1 fully saturated rings. The van der Waals surface area contributed by atoms with Crippen LogP contribution in [0.25, 0.3) is 0 Å². The van der Waals surface area contributed by atoms with Crippen LogP contribution in [0.2, 0.25) is 0 Å². The molecule has 2 atom stereocenters. The zero-order chi connectivity index (χ0) is 21.5. The van der Waals surface area contributed by atoms with Gasteiger partial charge in [0.15, 0.2) is 0 Å². The second-order valence-electron chi connectivity index (χ2n) is 7.74. The minimum atomic E-state index is -0.453. The molecular formula is C24H29N3O3. The summed E-state index contributed by atoms with van der Waals surface area (Å²) >= 11 is 0. The zero-order valence-electron chi connectivity index (χ0n) is 17.6. The highest BCUT2D eigenvalue weighted by molar-refractivity contribution is 5.98. The minimum Gasteiger partial charge on any atom is -0.350 e. The summed E-state index contributed by atoms with van der Waals surface area (Å²) in [5.74, 6) is -0.322. The molecule has 1 aliphatic heterocycles. The van der Waals surface area contributed by atoms with Gasteiger partial charge in [0, 0.05) is 30.3 Å². The Balaban J connectivity index is 1.59. The number of benzene rings is 2. The molecule has 0 saturated carbocycles. The largest absolute Gasteiger partial charge is 0.350 e. The molecule has 2 aromatic rings. The van der Waals surface area contributed by atoms with Crippen molar-refractivity contribution in [1.82, 2.24) is 10.2 Å². The van der Waals surface area contributed by atoms with Crippen molar-refractivity contribution in [2.45, 2.75) is 45.7 Å². The van der Waals surface area contributed by atoms with Crippen LogP contribution in [0.3, 0.4) is 0 Å². The van der Waals surface area contributed by atoms with Gasteiger partial charge in [-0.05, 0) is 49.1 Å². The average molecular weight is 408 g/mol. The number of amides is 3. The summed E-state index contributed by atoms with van der Waals surface area (Å²) in [6.07, 6.45) is 2.25. The molecule has 158 valence electrons. The van der Waals surface area contributed by atoms with E-state index in [9.17, 15) is 14.4 Å². The van der Waals surface area contributed by atoms with Crippen LogP contribution in [0.4, 0.5) is 5.69 Å².